The normalized spacial score (nSPS) is 19.4. The Kier molecular flexibility index (Phi) is 5.20. The van der Waals surface area contributed by atoms with Crippen LogP contribution in [0.5, 0.6) is 17.2 Å². The lowest BCUT2D eigenvalue weighted by atomic mass is 9.73. The van der Waals surface area contributed by atoms with E-state index in [1.165, 1.54) is 0 Å². The molecule has 33 heavy (non-hydrogen) atoms. The molecule has 0 saturated carbocycles. The number of anilines is 1. The first-order valence-corrected chi connectivity index (χ1v) is 10.7. The summed E-state index contributed by atoms with van der Waals surface area (Å²) in [5.41, 5.74) is 3.63. The van der Waals surface area contributed by atoms with Gasteiger partial charge >= 0.3 is 0 Å². The zero-order valence-corrected chi connectivity index (χ0v) is 18.7. The van der Waals surface area contributed by atoms with E-state index in [1.807, 2.05) is 42.5 Å². The second kappa shape index (κ2) is 8.20. The first-order chi connectivity index (χ1) is 16.0. The molecule has 0 saturated heterocycles. The van der Waals surface area contributed by atoms with E-state index in [-0.39, 0.29) is 17.3 Å². The summed E-state index contributed by atoms with van der Waals surface area (Å²) in [4.78, 5) is 26.2. The first-order valence-electron chi connectivity index (χ1n) is 10.7. The van der Waals surface area contributed by atoms with Crippen LogP contribution in [0.25, 0.3) is 0 Å². The van der Waals surface area contributed by atoms with Gasteiger partial charge in [-0.25, -0.2) is 0 Å². The van der Waals surface area contributed by atoms with E-state index >= 15 is 0 Å². The number of aromatic nitrogens is 2. The molecule has 2 atom stereocenters. The number of H-pyrrole nitrogens is 2. The molecule has 1 aliphatic heterocycles. The van der Waals surface area contributed by atoms with Crippen LogP contribution in [-0.4, -0.2) is 37.3 Å². The highest BCUT2D eigenvalue weighted by Crippen LogP contribution is 2.48. The van der Waals surface area contributed by atoms with E-state index in [0.29, 0.717) is 47.0 Å². The molecule has 0 amide bonds. The summed E-state index contributed by atoms with van der Waals surface area (Å²) in [6.45, 7) is 0. The predicted octanol–water partition coefficient (Wildman–Crippen LogP) is 3.69. The lowest BCUT2D eigenvalue weighted by Crippen LogP contribution is -2.31. The zero-order valence-electron chi connectivity index (χ0n) is 18.7. The summed E-state index contributed by atoms with van der Waals surface area (Å²) < 4.78 is 16.4. The molecular weight excluding hydrogens is 422 g/mol. The maximum Gasteiger partial charge on any atom is 0.270 e. The minimum atomic E-state index is -0.416. The van der Waals surface area contributed by atoms with Gasteiger partial charge in [0, 0.05) is 23.6 Å². The standard InChI is InChI=1S/C25H25N3O5/c1-31-18-11-15(12-19(32-2)23(18)33-3)14-9-16-21(17(29)10-14)20(13-7-5-4-6-8-13)22-24(26-16)27-28-25(22)30/h4-8,11-12,14,20H,9-10H2,1-3H3,(H3,26,27,28,30)/t14-,20-/m0/s1. The average Bonchev–Trinajstić information content (AvgIpc) is 3.22. The fourth-order valence-electron chi connectivity index (χ4n) is 4.97. The minimum Gasteiger partial charge on any atom is -0.493 e. The first kappa shape index (κ1) is 20.9. The van der Waals surface area contributed by atoms with Gasteiger partial charge in [0.25, 0.3) is 5.56 Å². The van der Waals surface area contributed by atoms with Gasteiger partial charge in [-0.05, 0) is 35.6 Å². The summed E-state index contributed by atoms with van der Waals surface area (Å²) in [5.74, 6) is 1.74. The van der Waals surface area contributed by atoms with Crippen molar-refractivity contribution in [3.8, 4) is 17.2 Å². The van der Waals surface area contributed by atoms with Crippen LogP contribution >= 0.6 is 0 Å². The van der Waals surface area contributed by atoms with Gasteiger partial charge in [-0.15, -0.1) is 0 Å². The zero-order chi connectivity index (χ0) is 23.1. The van der Waals surface area contributed by atoms with Crippen LogP contribution in [0, 0.1) is 0 Å². The number of allylic oxidation sites excluding steroid dienone is 2. The van der Waals surface area contributed by atoms with Gasteiger partial charge < -0.3 is 19.5 Å². The molecule has 1 aliphatic carbocycles. The third kappa shape index (κ3) is 3.38. The number of Topliss-reactive ketones (excluding diaryl/α,β-unsaturated/α-hetero) is 1. The van der Waals surface area contributed by atoms with Crippen molar-refractivity contribution in [3.63, 3.8) is 0 Å². The summed E-state index contributed by atoms with van der Waals surface area (Å²) in [7, 11) is 4.71. The third-order valence-corrected chi connectivity index (χ3v) is 6.47. The Morgan fingerprint density at radius 1 is 0.848 bits per heavy atom. The summed E-state index contributed by atoms with van der Waals surface area (Å²) in [5, 5.41) is 8.90. The molecule has 2 aromatic carbocycles. The maximum atomic E-state index is 13.6. The molecule has 170 valence electrons. The Morgan fingerprint density at radius 2 is 1.55 bits per heavy atom. The highest BCUT2D eigenvalue weighted by Gasteiger charge is 2.40. The van der Waals surface area contributed by atoms with Crippen LogP contribution in [0.15, 0.2) is 58.5 Å². The number of benzene rings is 2. The number of carbonyl (C=O) groups is 1. The number of fused-ring (bicyclic) bond motifs is 1. The quantitative estimate of drug-likeness (QED) is 0.551. The molecule has 1 aromatic heterocycles. The van der Waals surface area contributed by atoms with Crippen molar-refractivity contribution in [2.45, 2.75) is 24.7 Å². The molecule has 8 heteroatoms. The predicted molar refractivity (Wildman–Crippen MR) is 123 cm³/mol. The van der Waals surface area contributed by atoms with Crippen molar-refractivity contribution in [1.29, 1.82) is 0 Å². The molecule has 0 radical (unpaired) electrons. The molecule has 3 N–H and O–H groups in total. The van der Waals surface area contributed by atoms with Gasteiger partial charge in [-0.1, -0.05) is 30.3 Å². The van der Waals surface area contributed by atoms with Crippen LogP contribution in [0.4, 0.5) is 5.82 Å². The summed E-state index contributed by atoms with van der Waals surface area (Å²) in [6, 6.07) is 13.5. The lowest BCUT2D eigenvalue weighted by Gasteiger charge is -2.34. The number of carbonyl (C=O) groups excluding carboxylic acids is 1. The van der Waals surface area contributed by atoms with Crippen molar-refractivity contribution in [1.82, 2.24) is 10.2 Å². The molecule has 0 unspecified atom stereocenters. The molecule has 0 bridgehead atoms. The minimum absolute atomic E-state index is 0.0163. The van der Waals surface area contributed by atoms with E-state index in [2.05, 4.69) is 15.5 Å². The molecule has 5 rings (SSSR count). The Balaban J connectivity index is 1.59. The summed E-state index contributed by atoms with van der Waals surface area (Å²) >= 11 is 0. The number of ketones is 1. The molecule has 2 aliphatic rings. The lowest BCUT2D eigenvalue weighted by molar-refractivity contribution is -0.116. The maximum absolute atomic E-state index is 13.6. The van der Waals surface area contributed by atoms with Crippen LogP contribution < -0.4 is 25.1 Å². The molecule has 0 spiro atoms. The van der Waals surface area contributed by atoms with E-state index in [9.17, 15) is 9.59 Å². The number of hydrogen-bond donors (Lipinski definition) is 3. The van der Waals surface area contributed by atoms with Gasteiger partial charge in [0.2, 0.25) is 5.75 Å². The van der Waals surface area contributed by atoms with Gasteiger partial charge in [-0.2, -0.15) is 0 Å². The topological polar surface area (TPSA) is 105 Å². The van der Waals surface area contributed by atoms with Crippen molar-refractivity contribution in [3.05, 3.63) is 80.8 Å². The Bertz CT molecular complexity index is 1280. The Labute approximate surface area is 190 Å². The van der Waals surface area contributed by atoms with Crippen molar-refractivity contribution in [2.24, 2.45) is 0 Å². The average molecular weight is 447 g/mol. The van der Waals surface area contributed by atoms with Crippen LogP contribution in [-0.2, 0) is 4.79 Å². The second-order valence-corrected chi connectivity index (χ2v) is 8.22. The van der Waals surface area contributed by atoms with Crippen LogP contribution in [0.1, 0.15) is 41.4 Å². The monoisotopic (exact) mass is 447 g/mol. The molecule has 2 heterocycles. The Morgan fingerprint density at radius 3 is 2.18 bits per heavy atom. The largest absolute Gasteiger partial charge is 0.493 e. The number of ether oxygens (including phenoxy) is 3. The summed E-state index contributed by atoms with van der Waals surface area (Å²) in [6.07, 6.45) is 0.926. The molecule has 0 fully saturated rings. The highest BCUT2D eigenvalue weighted by molar-refractivity contribution is 6.01. The molecular formula is C25H25N3O5. The van der Waals surface area contributed by atoms with Gasteiger partial charge in [-0.3, -0.25) is 19.8 Å². The number of methoxy groups -OCH3 is 3. The van der Waals surface area contributed by atoms with E-state index in [4.69, 9.17) is 14.2 Å². The van der Waals surface area contributed by atoms with Crippen LogP contribution in [0.2, 0.25) is 0 Å². The van der Waals surface area contributed by atoms with Gasteiger partial charge in [0.15, 0.2) is 17.3 Å². The SMILES string of the molecule is COc1cc([C@@H]2CC(=O)C3=C(C2)Nc2[nH][nH]c(=O)c2[C@H]3c2ccccc2)cc(OC)c1OC. The van der Waals surface area contributed by atoms with E-state index < -0.39 is 5.92 Å². The van der Waals surface area contributed by atoms with Crippen LogP contribution in [0.3, 0.4) is 0 Å². The fraction of sp³-hybridized carbons (Fsp3) is 0.280. The fourth-order valence-corrected chi connectivity index (χ4v) is 4.97. The third-order valence-electron chi connectivity index (χ3n) is 6.47. The molecule has 8 nitrogen and oxygen atoms in total. The smallest absolute Gasteiger partial charge is 0.270 e. The van der Waals surface area contributed by atoms with Gasteiger partial charge in [0.1, 0.15) is 5.82 Å². The number of aromatic amines is 2. The van der Waals surface area contributed by atoms with Crippen molar-refractivity contribution in [2.75, 3.05) is 26.6 Å². The van der Waals surface area contributed by atoms with Gasteiger partial charge in [0.05, 0.1) is 26.9 Å². The second-order valence-electron chi connectivity index (χ2n) is 8.22. The number of hydrogen-bond acceptors (Lipinski definition) is 6. The van der Waals surface area contributed by atoms with Crippen molar-refractivity contribution >= 4 is 11.6 Å². The number of rotatable bonds is 5. The molecule has 3 aromatic rings. The van der Waals surface area contributed by atoms with E-state index in [1.54, 1.807) is 21.3 Å². The van der Waals surface area contributed by atoms with E-state index in [0.717, 1.165) is 16.8 Å². The van der Waals surface area contributed by atoms with Crippen molar-refractivity contribution < 1.29 is 19.0 Å². The highest BCUT2D eigenvalue weighted by atomic mass is 16.5. The Hall–Kier alpha value is -3.94. The number of nitrogens with one attached hydrogen (secondary N) is 3.